The zero-order valence-electron chi connectivity index (χ0n) is 12.8. The SMILES string of the molecule is CC(C)(C)C(=O)Nc1nc(-c2ccc3c(c2)OCCO3)cs1. The summed E-state index contributed by atoms with van der Waals surface area (Å²) in [4.78, 5) is 16.5. The molecule has 1 N–H and O–H groups in total. The second kappa shape index (κ2) is 5.61. The number of rotatable bonds is 2. The summed E-state index contributed by atoms with van der Waals surface area (Å²) >= 11 is 1.41. The molecule has 0 saturated heterocycles. The number of aromatic nitrogens is 1. The molecule has 5 nitrogen and oxygen atoms in total. The number of hydrogen-bond acceptors (Lipinski definition) is 5. The number of anilines is 1. The van der Waals surface area contributed by atoms with Crippen molar-refractivity contribution >= 4 is 22.4 Å². The van der Waals surface area contributed by atoms with Crippen LogP contribution in [-0.2, 0) is 4.79 Å². The van der Waals surface area contributed by atoms with Crippen LogP contribution in [0.15, 0.2) is 23.6 Å². The van der Waals surface area contributed by atoms with Gasteiger partial charge in [0.15, 0.2) is 16.6 Å². The van der Waals surface area contributed by atoms with E-state index in [1.807, 2.05) is 44.4 Å². The molecule has 2 aromatic rings. The van der Waals surface area contributed by atoms with Crippen LogP contribution in [0, 0.1) is 5.41 Å². The molecule has 0 radical (unpaired) electrons. The number of fused-ring (bicyclic) bond motifs is 1. The van der Waals surface area contributed by atoms with Crippen molar-refractivity contribution in [3.63, 3.8) is 0 Å². The Morgan fingerprint density at radius 2 is 1.95 bits per heavy atom. The summed E-state index contributed by atoms with van der Waals surface area (Å²) in [7, 11) is 0. The molecule has 1 aromatic carbocycles. The summed E-state index contributed by atoms with van der Waals surface area (Å²) in [5.74, 6) is 1.44. The largest absolute Gasteiger partial charge is 0.486 e. The minimum Gasteiger partial charge on any atom is -0.486 e. The summed E-state index contributed by atoms with van der Waals surface area (Å²) in [6.07, 6.45) is 0. The molecule has 116 valence electrons. The van der Waals surface area contributed by atoms with Gasteiger partial charge in [-0.15, -0.1) is 11.3 Å². The Kier molecular flexibility index (Phi) is 3.78. The second-order valence-corrected chi connectivity index (χ2v) is 6.96. The first-order valence-corrected chi connectivity index (χ1v) is 7.98. The molecule has 1 aliphatic heterocycles. The minimum absolute atomic E-state index is 0.0458. The quantitative estimate of drug-likeness (QED) is 0.919. The molecule has 2 heterocycles. The third kappa shape index (κ3) is 3.06. The molecule has 6 heteroatoms. The van der Waals surface area contributed by atoms with Crippen LogP contribution in [0.3, 0.4) is 0 Å². The number of thiazole rings is 1. The molecule has 0 saturated carbocycles. The van der Waals surface area contributed by atoms with Gasteiger partial charge in [0.25, 0.3) is 0 Å². The van der Waals surface area contributed by atoms with Crippen LogP contribution < -0.4 is 14.8 Å². The fourth-order valence-corrected chi connectivity index (χ4v) is 2.67. The summed E-state index contributed by atoms with van der Waals surface area (Å²) < 4.78 is 11.1. The Balaban J connectivity index is 1.80. The standard InChI is InChI=1S/C16H18N2O3S/c1-16(2,3)14(19)18-15-17-11(9-22-15)10-4-5-12-13(8-10)21-7-6-20-12/h4-5,8-9H,6-7H2,1-3H3,(H,17,18,19). The van der Waals surface area contributed by atoms with Crippen molar-refractivity contribution in [2.75, 3.05) is 18.5 Å². The molecular formula is C16H18N2O3S. The third-order valence-electron chi connectivity index (χ3n) is 3.24. The number of carbonyl (C=O) groups excluding carboxylic acids is 1. The molecule has 0 fully saturated rings. The molecule has 0 bridgehead atoms. The zero-order valence-corrected chi connectivity index (χ0v) is 13.6. The Bertz CT molecular complexity index is 704. The van der Waals surface area contributed by atoms with Crippen LogP contribution in [0.1, 0.15) is 20.8 Å². The lowest BCUT2D eigenvalue weighted by Crippen LogP contribution is -2.27. The van der Waals surface area contributed by atoms with Gasteiger partial charge in [-0.3, -0.25) is 4.79 Å². The lowest BCUT2D eigenvalue weighted by molar-refractivity contribution is -0.123. The van der Waals surface area contributed by atoms with E-state index in [9.17, 15) is 4.79 Å². The summed E-state index contributed by atoms with van der Waals surface area (Å²) in [6, 6.07) is 5.74. The van der Waals surface area contributed by atoms with Crippen molar-refractivity contribution in [3.05, 3.63) is 23.6 Å². The Labute approximate surface area is 133 Å². The molecule has 3 rings (SSSR count). The van der Waals surface area contributed by atoms with Crippen molar-refractivity contribution < 1.29 is 14.3 Å². The van der Waals surface area contributed by atoms with Crippen LogP contribution >= 0.6 is 11.3 Å². The Hall–Kier alpha value is -2.08. The summed E-state index contributed by atoms with van der Waals surface area (Å²) in [5, 5.41) is 5.37. The maximum absolute atomic E-state index is 12.0. The highest BCUT2D eigenvalue weighted by Gasteiger charge is 2.22. The van der Waals surface area contributed by atoms with Crippen LogP contribution in [0.5, 0.6) is 11.5 Å². The smallest absolute Gasteiger partial charge is 0.231 e. The number of hydrogen-bond donors (Lipinski definition) is 1. The maximum Gasteiger partial charge on any atom is 0.231 e. The van der Waals surface area contributed by atoms with E-state index in [4.69, 9.17) is 9.47 Å². The molecule has 22 heavy (non-hydrogen) atoms. The van der Waals surface area contributed by atoms with Crippen LogP contribution in [0.2, 0.25) is 0 Å². The highest BCUT2D eigenvalue weighted by Crippen LogP contribution is 2.35. The fourth-order valence-electron chi connectivity index (χ4n) is 1.95. The number of carbonyl (C=O) groups is 1. The molecule has 0 spiro atoms. The van der Waals surface area contributed by atoms with Crippen molar-refractivity contribution in [3.8, 4) is 22.8 Å². The first-order chi connectivity index (χ1) is 10.4. The molecule has 1 amide bonds. The van der Waals surface area contributed by atoms with Crippen molar-refractivity contribution in [2.45, 2.75) is 20.8 Å². The average Bonchev–Trinajstić information content (AvgIpc) is 2.94. The van der Waals surface area contributed by atoms with Gasteiger partial charge in [0.2, 0.25) is 5.91 Å². The van der Waals surface area contributed by atoms with Crippen LogP contribution in [-0.4, -0.2) is 24.1 Å². The Morgan fingerprint density at radius 1 is 1.23 bits per heavy atom. The topological polar surface area (TPSA) is 60.5 Å². The summed E-state index contributed by atoms with van der Waals surface area (Å²) in [6.45, 7) is 6.75. The van der Waals surface area contributed by atoms with Gasteiger partial charge >= 0.3 is 0 Å². The molecule has 0 unspecified atom stereocenters. The molecule has 1 aromatic heterocycles. The molecule has 0 atom stereocenters. The van der Waals surface area contributed by atoms with E-state index >= 15 is 0 Å². The van der Waals surface area contributed by atoms with E-state index in [0.717, 1.165) is 22.8 Å². The van der Waals surface area contributed by atoms with Crippen molar-refractivity contribution in [1.29, 1.82) is 0 Å². The van der Waals surface area contributed by atoms with E-state index in [1.165, 1.54) is 11.3 Å². The van der Waals surface area contributed by atoms with Gasteiger partial charge < -0.3 is 14.8 Å². The van der Waals surface area contributed by atoms with E-state index in [1.54, 1.807) is 0 Å². The van der Waals surface area contributed by atoms with Crippen molar-refractivity contribution in [1.82, 2.24) is 4.98 Å². The highest BCUT2D eigenvalue weighted by atomic mass is 32.1. The van der Waals surface area contributed by atoms with E-state index in [2.05, 4.69) is 10.3 Å². The minimum atomic E-state index is -0.442. The van der Waals surface area contributed by atoms with E-state index in [0.29, 0.717) is 18.3 Å². The van der Waals surface area contributed by atoms with Gasteiger partial charge in [-0.2, -0.15) is 0 Å². The van der Waals surface area contributed by atoms with E-state index < -0.39 is 5.41 Å². The number of nitrogens with zero attached hydrogens (tertiary/aromatic N) is 1. The van der Waals surface area contributed by atoms with Gasteiger partial charge in [-0.1, -0.05) is 20.8 Å². The molecular weight excluding hydrogens is 300 g/mol. The van der Waals surface area contributed by atoms with Crippen LogP contribution in [0.25, 0.3) is 11.3 Å². The number of nitrogens with one attached hydrogen (secondary N) is 1. The highest BCUT2D eigenvalue weighted by molar-refractivity contribution is 7.14. The Morgan fingerprint density at radius 3 is 2.68 bits per heavy atom. The number of ether oxygens (including phenoxy) is 2. The lowest BCUT2D eigenvalue weighted by atomic mass is 9.96. The average molecular weight is 318 g/mol. The van der Waals surface area contributed by atoms with Crippen LogP contribution in [0.4, 0.5) is 5.13 Å². The number of benzene rings is 1. The van der Waals surface area contributed by atoms with Gasteiger partial charge in [0.05, 0.1) is 5.69 Å². The van der Waals surface area contributed by atoms with Gasteiger partial charge in [-0.25, -0.2) is 4.98 Å². The third-order valence-corrected chi connectivity index (χ3v) is 4.00. The van der Waals surface area contributed by atoms with Gasteiger partial charge in [-0.05, 0) is 18.2 Å². The zero-order chi connectivity index (χ0) is 15.7. The second-order valence-electron chi connectivity index (χ2n) is 6.10. The molecule has 1 aliphatic rings. The van der Waals surface area contributed by atoms with Gasteiger partial charge in [0.1, 0.15) is 13.2 Å². The summed E-state index contributed by atoms with van der Waals surface area (Å²) in [5.41, 5.74) is 1.31. The maximum atomic E-state index is 12.0. The monoisotopic (exact) mass is 318 g/mol. The lowest BCUT2D eigenvalue weighted by Gasteiger charge is -2.18. The first kappa shape index (κ1) is 14.8. The molecule has 0 aliphatic carbocycles. The predicted molar refractivity (Wildman–Crippen MR) is 86.6 cm³/mol. The van der Waals surface area contributed by atoms with Crippen molar-refractivity contribution in [2.24, 2.45) is 5.41 Å². The van der Waals surface area contributed by atoms with E-state index in [-0.39, 0.29) is 5.91 Å². The predicted octanol–water partition coefficient (Wildman–Crippen LogP) is 3.57. The van der Waals surface area contributed by atoms with Gasteiger partial charge in [0, 0.05) is 16.4 Å². The first-order valence-electron chi connectivity index (χ1n) is 7.10. The normalized spacial score (nSPS) is 13.8. The number of amides is 1. The fraction of sp³-hybridized carbons (Fsp3) is 0.375.